The smallest absolute Gasteiger partial charge is 0.122 e. The van der Waals surface area contributed by atoms with Crippen LogP contribution in [0.2, 0.25) is 5.02 Å². The number of aryl methyl sites for hydroxylation is 1. The van der Waals surface area contributed by atoms with Gasteiger partial charge in [-0.15, -0.1) is 0 Å². The maximum atomic E-state index is 5.90. The molecule has 1 N–H and O–H groups in total. The molecule has 0 aromatic heterocycles. The molecule has 0 saturated heterocycles. The third-order valence-corrected chi connectivity index (χ3v) is 2.84. The van der Waals surface area contributed by atoms with Gasteiger partial charge < -0.3 is 10.1 Å². The molecule has 17 heavy (non-hydrogen) atoms. The molecule has 0 heterocycles. The molecule has 0 aliphatic heterocycles. The molecule has 1 atom stereocenters. The second-order valence-electron chi connectivity index (χ2n) is 4.40. The van der Waals surface area contributed by atoms with E-state index in [9.17, 15) is 0 Å². The zero-order valence-electron chi connectivity index (χ0n) is 10.9. The first kappa shape index (κ1) is 14.3. The Kier molecular flexibility index (Phi) is 6.38. The Bertz CT molecular complexity index is 341. The largest absolute Gasteiger partial charge is 0.489 e. The summed E-state index contributed by atoms with van der Waals surface area (Å²) in [5, 5.41) is 4.14. The Morgan fingerprint density at radius 3 is 2.82 bits per heavy atom. The second kappa shape index (κ2) is 7.57. The van der Waals surface area contributed by atoms with E-state index in [2.05, 4.69) is 19.2 Å². The minimum atomic E-state index is 0.173. The molecule has 3 heteroatoms. The van der Waals surface area contributed by atoms with Crippen LogP contribution in [0.5, 0.6) is 5.75 Å². The van der Waals surface area contributed by atoms with E-state index in [-0.39, 0.29) is 6.10 Å². The van der Waals surface area contributed by atoms with Gasteiger partial charge in [0.15, 0.2) is 0 Å². The monoisotopic (exact) mass is 255 g/mol. The Morgan fingerprint density at radius 2 is 2.18 bits per heavy atom. The Hall–Kier alpha value is -0.730. The first-order valence-electron chi connectivity index (χ1n) is 6.27. The van der Waals surface area contributed by atoms with Gasteiger partial charge >= 0.3 is 0 Å². The molecule has 0 bridgehead atoms. The SMILES string of the molecule is CCCCNCC(C)Oc1ccc(Cl)cc1C. The maximum Gasteiger partial charge on any atom is 0.122 e. The standard InChI is InChI=1S/C14H22ClNO/c1-4-5-8-16-10-12(3)17-14-7-6-13(15)9-11(14)2/h6-7,9,12,16H,4-5,8,10H2,1-3H3. The van der Waals surface area contributed by atoms with Crippen molar-refractivity contribution in [3.8, 4) is 5.75 Å². The van der Waals surface area contributed by atoms with Crippen LogP contribution in [0.1, 0.15) is 32.3 Å². The lowest BCUT2D eigenvalue weighted by Gasteiger charge is -2.17. The number of hydrogen-bond donors (Lipinski definition) is 1. The van der Waals surface area contributed by atoms with E-state index in [1.165, 1.54) is 12.8 Å². The summed E-state index contributed by atoms with van der Waals surface area (Å²) in [6, 6.07) is 5.72. The molecule has 0 aliphatic rings. The molecule has 0 aliphatic carbocycles. The molecule has 0 spiro atoms. The molecular weight excluding hydrogens is 234 g/mol. The average Bonchev–Trinajstić information content (AvgIpc) is 2.28. The van der Waals surface area contributed by atoms with Crippen LogP contribution in [0.3, 0.4) is 0 Å². The number of hydrogen-bond acceptors (Lipinski definition) is 2. The number of rotatable bonds is 7. The van der Waals surface area contributed by atoms with Gasteiger partial charge in [-0.2, -0.15) is 0 Å². The van der Waals surface area contributed by atoms with Crippen LogP contribution in [0.25, 0.3) is 0 Å². The van der Waals surface area contributed by atoms with Gasteiger partial charge in [0.2, 0.25) is 0 Å². The fraction of sp³-hybridized carbons (Fsp3) is 0.571. The lowest BCUT2D eigenvalue weighted by atomic mass is 10.2. The molecule has 0 amide bonds. The molecule has 0 saturated carbocycles. The van der Waals surface area contributed by atoms with Crippen molar-refractivity contribution >= 4 is 11.6 Å². The van der Waals surface area contributed by atoms with Crippen molar-refractivity contribution in [2.24, 2.45) is 0 Å². The first-order valence-corrected chi connectivity index (χ1v) is 6.64. The molecular formula is C14H22ClNO. The van der Waals surface area contributed by atoms with Gasteiger partial charge in [-0.25, -0.2) is 0 Å². The highest BCUT2D eigenvalue weighted by Crippen LogP contribution is 2.22. The van der Waals surface area contributed by atoms with E-state index >= 15 is 0 Å². The predicted molar refractivity (Wildman–Crippen MR) is 74.1 cm³/mol. The van der Waals surface area contributed by atoms with E-state index in [4.69, 9.17) is 16.3 Å². The van der Waals surface area contributed by atoms with E-state index in [0.717, 1.165) is 29.4 Å². The van der Waals surface area contributed by atoms with Gasteiger partial charge in [-0.3, -0.25) is 0 Å². The van der Waals surface area contributed by atoms with Gasteiger partial charge in [-0.1, -0.05) is 24.9 Å². The van der Waals surface area contributed by atoms with Gasteiger partial charge in [0.1, 0.15) is 11.9 Å². The third-order valence-electron chi connectivity index (χ3n) is 2.60. The summed E-state index contributed by atoms with van der Waals surface area (Å²) >= 11 is 5.90. The van der Waals surface area contributed by atoms with Crippen molar-refractivity contribution in [3.05, 3.63) is 28.8 Å². The molecule has 96 valence electrons. The number of unbranched alkanes of at least 4 members (excludes halogenated alkanes) is 1. The van der Waals surface area contributed by atoms with Crippen LogP contribution >= 0.6 is 11.6 Å². The highest BCUT2D eigenvalue weighted by molar-refractivity contribution is 6.30. The van der Waals surface area contributed by atoms with E-state index in [1.807, 2.05) is 25.1 Å². The summed E-state index contributed by atoms with van der Waals surface area (Å²) < 4.78 is 5.86. The molecule has 0 radical (unpaired) electrons. The summed E-state index contributed by atoms with van der Waals surface area (Å²) in [7, 11) is 0. The van der Waals surface area contributed by atoms with Crippen molar-refractivity contribution < 1.29 is 4.74 Å². The van der Waals surface area contributed by atoms with Crippen LogP contribution in [-0.2, 0) is 0 Å². The third kappa shape index (κ3) is 5.42. The number of benzene rings is 1. The second-order valence-corrected chi connectivity index (χ2v) is 4.83. The molecule has 1 rings (SSSR count). The predicted octanol–water partition coefficient (Wildman–Crippen LogP) is 3.81. The zero-order chi connectivity index (χ0) is 12.7. The van der Waals surface area contributed by atoms with Crippen LogP contribution in [0.4, 0.5) is 0 Å². The summed E-state index contributed by atoms with van der Waals surface area (Å²) in [6.45, 7) is 8.22. The minimum absolute atomic E-state index is 0.173. The summed E-state index contributed by atoms with van der Waals surface area (Å²) in [4.78, 5) is 0. The average molecular weight is 256 g/mol. The molecule has 1 unspecified atom stereocenters. The van der Waals surface area contributed by atoms with Crippen LogP contribution in [-0.4, -0.2) is 19.2 Å². The topological polar surface area (TPSA) is 21.3 Å². The van der Waals surface area contributed by atoms with Crippen LogP contribution in [0, 0.1) is 6.92 Å². The molecule has 1 aromatic rings. The Balaban J connectivity index is 2.37. The lowest BCUT2D eigenvalue weighted by Crippen LogP contribution is -2.29. The maximum absolute atomic E-state index is 5.90. The normalized spacial score (nSPS) is 12.5. The van der Waals surface area contributed by atoms with Crippen LogP contribution in [0.15, 0.2) is 18.2 Å². The van der Waals surface area contributed by atoms with E-state index < -0.39 is 0 Å². The summed E-state index contributed by atoms with van der Waals surface area (Å²) in [5.41, 5.74) is 1.08. The minimum Gasteiger partial charge on any atom is -0.489 e. The highest BCUT2D eigenvalue weighted by atomic mass is 35.5. The van der Waals surface area contributed by atoms with Crippen molar-refractivity contribution in [1.29, 1.82) is 0 Å². The number of halogens is 1. The zero-order valence-corrected chi connectivity index (χ0v) is 11.7. The molecule has 2 nitrogen and oxygen atoms in total. The fourth-order valence-electron chi connectivity index (χ4n) is 1.61. The molecule has 1 aromatic carbocycles. The van der Waals surface area contributed by atoms with Gasteiger partial charge in [-0.05, 0) is 50.6 Å². The number of ether oxygens (including phenoxy) is 1. The Labute approximate surface area is 109 Å². The first-order chi connectivity index (χ1) is 8.13. The summed E-state index contributed by atoms with van der Waals surface area (Å²) in [5.74, 6) is 0.916. The van der Waals surface area contributed by atoms with Crippen molar-refractivity contribution in [1.82, 2.24) is 5.32 Å². The van der Waals surface area contributed by atoms with Crippen molar-refractivity contribution in [3.63, 3.8) is 0 Å². The van der Waals surface area contributed by atoms with Crippen LogP contribution < -0.4 is 10.1 Å². The van der Waals surface area contributed by atoms with Crippen molar-refractivity contribution in [2.45, 2.75) is 39.7 Å². The Morgan fingerprint density at radius 1 is 1.41 bits per heavy atom. The highest BCUT2D eigenvalue weighted by Gasteiger charge is 2.06. The quantitative estimate of drug-likeness (QED) is 0.749. The fourth-order valence-corrected chi connectivity index (χ4v) is 1.84. The lowest BCUT2D eigenvalue weighted by molar-refractivity contribution is 0.216. The number of nitrogens with one attached hydrogen (secondary N) is 1. The van der Waals surface area contributed by atoms with Gasteiger partial charge in [0.25, 0.3) is 0 Å². The van der Waals surface area contributed by atoms with E-state index in [0.29, 0.717) is 0 Å². The van der Waals surface area contributed by atoms with Gasteiger partial charge in [0.05, 0.1) is 0 Å². The van der Waals surface area contributed by atoms with Gasteiger partial charge in [0, 0.05) is 11.6 Å². The van der Waals surface area contributed by atoms with Crippen molar-refractivity contribution in [2.75, 3.05) is 13.1 Å². The molecule has 0 fully saturated rings. The summed E-state index contributed by atoms with van der Waals surface area (Å²) in [6.07, 6.45) is 2.61. The van der Waals surface area contributed by atoms with E-state index in [1.54, 1.807) is 0 Å².